The first-order valence-corrected chi connectivity index (χ1v) is 9.50. The fraction of sp³-hybridized carbons (Fsp3) is 0.158. The fourth-order valence-electron chi connectivity index (χ4n) is 2.69. The summed E-state index contributed by atoms with van der Waals surface area (Å²) in [5.41, 5.74) is 0.406. The van der Waals surface area contributed by atoms with Gasteiger partial charge in [-0.1, -0.05) is 30.0 Å². The van der Waals surface area contributed by atoms with Crippen molar-refractivity contribution in [3.8, 4) is 11.5 Å². The van der Waals surface area contributed by atoms with Gasteiger partial charge in [0.25, 0.3) is 0 Å². The van der Waals surface area contributed by atoms with E-state index in [0.29, 0.717) is 40.3 Å². The number of furan rings is 1. The molecule has 6 nitrogen and oxygen atoms in total. The van der Waals surface area contributed by atoms with Crippen molar-refractivity contribution in [3.63, 3.8) is 0 Å². The van der Waals surface area contributed by atoms with Crippen LogP contribution in [-0.2, 0) is 18.5 Å². The standard InChI is InChI=1S/C19H14F3N5OS/c20-19(21,22)14-4-1-3-13(9-14)12-29-18-26-25-17(16-10-23-6-7-24-16)27(18)11-15-5-2-8-28-15/h1-10H,11-12H2. The average molecular weight is 417 g/mol. The Balaban J connectivity index is 1.61. The second-order valence-corrected chi connectivity index (χ2v) is 6.99. The van der Waals surface area contributed by atoms with Crippen LogP contribution in [-0.4, -0.2) is 24.7 Å². The molecule has 3 heterocycles. The average Bonchev–Trinajstić information content (AvgIpc) is 3.37. The van der Waals surface area contributed by atoms with Gasteiger partial charge in [0.2, 0.25) is 0 Å². The summed E-state index contributed by atoms with van der Waals surface area (Å²) < 4.78 is 46.1. The molecule has 0 aliphatic carbocycles. The smallest absolute Gasteiger partial charge is 0.416 e. The predicted octanol–water partition coefficient (Wildman–Crippen LogP) is 4.69. The Hall–Kier alpha value is -3.14. The Morgan fingerprint density at radius 2 is 1.97 bits per heavy atom. The number of hydrogen-bond acceptors (Lipinski definition) is 6. The summed E-state index contributed by atoms with van der Waals surface area (Å²) in [6.07, 6.45) is 1.87. The van der Waals surface area contributed by atoms with Gasteiger partial charge in [-0.25, -0.2) is 4.98 Å². The van der Waals surface area contributed by atoms with E-state index in [-0.39, 0.29) is 0 Å². The van der Waals surface area contributed by atoms with Crippen LogP contribution in [0, 0.1) is 0 Å². The van der Waals surface area contributed by atoms with Crippen LogP contribution in [0.2, 0.25) is 0 Å². The van der Waals surface area contributed by atoms with Crippen LogP contribution >= 0.6 is 11.8 Å². The minimum absolute atomic E-state index is 0.306. The van der Waals surface area contributed by atoms with Crippen molar-refractivity contribution in [3.05, 3.63) is 78.1 Å². The van der Waals surface area contributed by atoms with E-state index in [2.05, 4.69) is 20.2 Å². The molecule has 3 aromatic heterocycles. The fourth-order valence-corrected chi connectivity index (χ4v) is 3.57. The molecular weight excluding hydrogens is 403 g/mol. The third-order valence-electron chi connectivity index (χ3n) is 4.03. The molecule has 0 radical (unpaired) electrons. The molecule has 0 atom stereocenters. The van der Waals surface area contributed by atoms with Gasteiger partial charge >= 0.3 is 6.18 Å². The van der Waals surface area contributed by atoms with E-state index in [4.69, 9.17) is 4.42 Å². The van der Waals surface area contributed by atoms with Crippen molar-refractivity contribution in [2.45, 2.75) is 23.6 Å². The number of halogens is 3. The molecule has 29 heavy (non-hydrogen) atoms. The Morgan fingerprint density at radius 3 is 2.69 bits per heavy atom. The summed E-state index contributed by atoms with van der Waals surface area (Å²) in [4.78, 5) is 8.31. The Bertz CT molecular complexity index is 1080. The van der Waals surface area contributed by atoms with Crippen LogP contribution < -0.4 is 0 Å². The molecule has 0 aliphatic heterocycles. The van der Waals surface area contributed by atoms with Crippen molar-refractivity contribution < 1.29 is 17.6 Å². The van der Waals surface area contributed by atoms with E-state index in [1.54, 1.807) is 41.6 Å². The highest BCUT2D eigenvalue weighted by molar-refractivity contribution is 7.98. The highest BCUT2D eigenvalue weighted by Crippen LogP contribution is 2.31. The number of benzene rings is 1. The van der Waals surface area contributed by atoms with Gasteiger partial charge in [0, 0.05) is 18.1 Å². The molecule has 0 saturated carbocycles. The summed E-state index contributed by atoms with van der Waals surface area (Å²) in [6.45, 7) is 0.358. The quantitative estimate of drug-likeness (QED) is 0.424. The molecule has 148 valence electrons. The lowest BCUT2D eigenvalue weighted by molar-refractivity contribution is -0.137. The topological polar surface area (TPSA) is 69.6 Å². The molecule has 10 heteroatoms. The van der Waals surface area contributed by atoms with Crippen LogP contribution in [0.4, 0.5) is 13.2 Å². The number of hydrogen-bond donors (Lipinski definition) is 0. The number of aromatic nitrogens is 5. The van der Waals surface area contributed by atoms with Crippen molar-refractivity contribution in [2.75, 3.05) is 0 Å². The molecule has 0 unspecified atom stereocenters. The SMILES string of the molecule is FC(F)(F)c1cccc(CSc2nnc(-c3cnccn3)n2Cc2ccco2)c1. The van der Waals surface area contributed by atoms with Crippen LogP contribution in [0.5, 0.6) is 0 Å². The Kier molecular flexibility index (Phi) is 5.34. The van der Waals surface area contributed by atoms with Gasteiger partial charge in [0.15, 0.2) is 11.0 Å². The van der Waals surface area contributed by atoms with Gasteiger partial charge in [0.05, 0.1) is 24.6 Å². The van der Waals surface area contributed by atoms with E-state index in [9.17, 15) is 13.2 Å². The summed E-state index contributed by atoms with van der Waals surface area (Å²) in [6, 6.07) is 8.85. The first-order valence-electron chi connectivity index (χ1n) is 8.51. The van der Waals surface area contributed by atoms with Gasteiger partial charge in [-0.15, -0.1) is 10.2 Å². The van der Waals surface area contributed by atoms with Crippen LogP contribution in [0.25, 0.3) is 11.5 Å². The van der Waals surface area contributed by atoms with Crippen LogP contribution in [0.1, 0.15) is 16.9 Å². The second-order valence-electron chi connectivity index (χ2n) is 6.05. The van der Waals surface area contributed by atoms with Crippen molar-refractivity contribution in [1.82, 2.24) is 24.7 Å². The van der Waals surface area contributed by atoms with Crippen molar-refractivity contribution in [1.29, 1.82) is 0 Å². The lowest BCUT2D eigenvalue weighted by Gasteiger charge is -2.10. The molecule has 0 spiro atoms. The maximum atomic E-state index is 12.9. The second kappa shape index (κ2) is 8.08. The van der Waals surface area contributed by atoms with E-state index >= 15 is 0 Å². The number of alkyl halides is 3. The summed E-state index contributed by atoms with van der Waals surface area (Å²) in [5.74, 6) is 1.50. The summed E-state index contributed by atoms with van der Waals surface area (Å²) >= 11 is 1.29. The predicted molar refractivity (Wildman–Crippen MR) is 99.9 cm³/mol. The highest BCUT2D eigenvalue weighted by atomic mass is 32.2. The lowest BCUT2D eigenvalue weighted by atomic mass is 10.1. The molecule has 0 amide bonds. The first kappa shape index (κ1) is 19.2. The van der Waals surface area contributed by atoms with Crippen molar-refractivity contribution in [2.24, 2.45) is 0 Å². The Labute approximate surface area is 167 Å². The van der Waals surface area contributed by atoms with E-state index in [1.807, 2.05) is 6.07 Å². The van der Waals surface area contributed by atoms with Gasteiger partial charge in [-0.05, 0) is 23.8 Å². The van der Waals surface area contributed by atoms with Crippen LogP contribution in [0.15, 0.2) is 70.8 Å². The molecule has 0 bridgehead atoms. The third kappa shape index (κ3) is 4.48. The Morgan fingerprint density at radius 1 is 1.07 bits per heavy atom. The van der Waals surface area contributed by atoms with Crippen molar-refractivity contribution >= 4 is 11.8 Å². The highest BCUT2D eigenvalue weighted by Gasteiger charge is 2.30. The van der Waals surface area contributed by atoms with Gasteiger partial charge in [0.1, 0.15) is 11.5 Å². The number of nitrogens with zero attached hydrogens (tertiary/aromatic N) is 5. The third-order valence-corrected chi connectivity index (χ3v) is 5.06. The first-order chi connectivity index (χ1) is 14.0. The molecule has 0 aliphatic rings. The normalized spacial score (nSPS) is 11.7. The molecule has 4 aromatic rings. The zero-order valence-electron chi connectivity index (χ0n) is 14.9. The van der Waals surface area contributed by atoms with Gasteiger partial charge < -0.3 is 4.42 Å². The lowest BCUT2D eigenvalue weighted by Crippen LogP contribution is -2.05. The van der Waals surface area contributed by atoms with Gasteiger partial charge in [-0.2, -0.15) is 13.2 Å². The van der Waals surface area contributed by atoms with E-state index in [0.717, 1.165) is 12.1 Å². The van der Waals surface area contributed by atoms with Crippen LogP contribution in [0.3, 0.4) is 0 Å². The minimum atomic E-state index is -4.38. The zero-order chi connectivity index (χ0) is 20.3. The maximum absolute atomic E-state index is 12.9. The summed E-state index contributed by atoms with van der Waals surface area (Å²) in [5, 5.41) is 8.95. The molecule has 0 fully saturated rings. The maximum Gasteiger partial charge on any atom is 0.416 e. The molecule has 1 aromatic carbocycles. The largest absolute Gasteiger partial charge is 0.467 e. The summed E-state index contributed by atoms with van der Waals surface area (Å²) in [7, 11) is 0. The molecular formula is C19H14F3N5OS. The van der Waals surface area contributed by atoms with E-state index < -0.39 is 11.7 Å². The molecule has 0 saturated heterocycles. The zero-order valence-corrected chi connectivity index (χ0v) is 15.7. The number of rotatable bonds is 6. The monoisotopic (exact) mass is 417 g/mol. The molecule has 0 N–H and O–H groups in total. The minimum Gasteiger partial charge on any atom is -0.467 e. The van der Waals surface area contributed by atoms with E-state index in [1.165, 1.54) is 17.8 Å². The molecule has 4 rings (SSSR count). The van der Waals surface area contributed by atoms with Gasteiger partial charge in [-0.3, -0.25) is 9.55 Å². The number of thioether (sulfide) groups is 1.